The monoisotopic (exact) mass is 379 g/mol. The number of benzene rings is 1. The Hall–Kier alpha value is -2.02. The van der Waals surface area contributed by atoms with Gasteiger partial charge in [-0.25, -0.2) is 9.79 Å². The van der Waals surface area contributed by atoms with E-state index in [4.69, 9.17) is 0 Å². The molecule has 0 aliphatic rings. The summed E-state index contributed by atoms with van der Waals surface area (Å²) in [4.78, 5) is 28.1. The van der Waals surface area contributed by atoms with E-state index in [-0.39, 0.29) is 5.91 Å². The Kier molecular flexibility index (Phi) is 10.5. The van der Waals surface area contributed by atoms with Crippen LogP contribution in [0, 0.1) is 0 Å². The van der Waals surface area contributed by atoms with E-state index >= 15 is 0 Å². The number of nitrogens with zero attached hydrogens (tertiary/aromatic N) is 1. The van der Waals surface area contributed by atoms with E-state index in [2.05, 4.69) is 34.2 Å². The summed E-state index contributed by atoms with van der Waals surface area (Å²) in [5.74, 6) is -0.0313. The van der Waals surface area contributed by atoms with Crippen molar-refractivity contribution in [2.24, 2.45) is 4.99 Å². The van der Waals surface area contributed by atoms with Crippen molar-refractivity contribution in [2.45, 2.75) is 52.4 Å². The molecule has 26 heavy (non-hydrogen) atoms. The number of aliphatic imine (C=N–C) groups is 1. The summed E-state index contributed by atoms with van der Waals surface area (Å²) in [6.45, 7) is 4.20. The van der Waals surface area contributed by atoms with Crippen molar-refractivity contribution in [3.05, 3.63) is 23.8 Å². The van der Waals surface area contributed by atoms with Crippen molar-refractivity contribution in [3.63, 3.8) is 0 Å². The van der Waals surface area contributed by atoms with Gasteiger partial charge >= 0.3 is 6.09 Å². The van der Waals surface area contributed by atoms with Crippen LogP contribution < -0.4 is 10.6 Å². The minimum absolute atomic E-state index is 0.0313. The number of amidine groups is 1. The number of rotatable bonds is 8. The number of amides is 2. The molecule has 0 aliphatic carbocycles. The number of methoxy groups -OCH3 is 1. The van der Waals surface area contributed by atoms with Crippen molar-refractivity contribution in [1.82, 2.24) is 5.32 Å². The second kappa shape index (κ2) is 12.4. The zero-order valence-corrected chi connectivity index (χ0v) is 16.9. The van der Waals surface area contributed by atoms with Crippen molar-refractivity contribution in [1.29, 1.82) is 0 Å². The first kappa shape index (κ1) is 22.0. The Bertz CT molecular complexity index is 632. The van der Waals surface area contributed by atoms with E-state index in [0.29, 0.717) is 23.0 Å². The highest BCUT2D eigenvalue weighted by atomic mass is 32.2. The fraction of sp³-hybridized carbons (Fsp3) is 0.526. The van der Waals surface area contributed by atoms with Gasteiger partial charge < -0.3 is 10.1 Å². The summed E-state index contributed by atoms with van der Waals surface area (Å²) in [6.07, 6.45) is 6.67. The van der Waals surface area contributed by atoms with Crippen LogP contribution in [0.25, 0.3) is 0 Å². The van der Waals surface area contributed by atoms with Crippen LogP contribution in [-0.2, 0) is 16.0 Å². The molecule has 0 aromatic heterocycles. The van der Waals surface area contributed by atoms with Crippen LogP contribution in [0.15, 0.2) is 23.2 Å². The highest BCUT2D eigenvalue weighted by molar-refractivity contribution is 8.13. The molecule has 6 nitrogen and oxygen atoms in total. The zero-order valence-electron chi connectivity index (χ0n) is 16.1. The van der Waals surface area contributed by atoms with E-state index in [9.17, 15) is 9.59 Å². The van der Waals surface area contributed by atoms with Gasteiger partial charge in [0, 0.05) is 6.42 Å². The van der Waals surface area contributed by atoms with E-state index in [1.807, 2.05) is 24.5 Å². The summed E-state index contributed by atoms with van der Waals surface area (Å²) >= 11 is 1.30. The fourth-order valence-corrected chi connectivity index (χ4v) is 2.61. The Morgan fingerprint density at radius 3 is 2.54 bits per heavy atom. The summed E-state index contributed by atoms with van der Waals surface area (Å²) in [7, 11) is 1.30. The van der Waals surface area contributed by atoms with Crippen LogP contribution in [0.1, 0.15) is 51.5 Å². The van der Waals surface area contributed by atoms with E-state index in [0.717, 1.165) is 37.7 Å². The van der Waals surface area contributed by atoms with Gasteiger partial charge in [0.2, 0.25) is 5.91 Å². The lowest BCUT2D eigenvalue weighted by atomic mass is 10.1. The number of hydrogen-bond donors (Lipinski definition) is 2. The topological polar surface area (TPSA) is 79.8 Å². The first-order valence-corrected chi connectivity index (χ1v) is 10.2. The summed E-state index contributed by atoms with van der Waals surface area (Å²) in [5.41, 5.74) is 2.42. The normalized spacial score (nSPS) is 11.2. The Balaban J connectivity index is 3.11. The number of anilines is 1. The van der Waals surface area contributed by atoms with Crippen molar-refractivity contribution in [2.75, 3.05) is 18.7 Å². The Labute approximate surface area is 160 Å². The van der Waals surface area contributed by atoms with Gasteiger partial charge in [-0.05, 0) is 43.2 Å². The molecule has 0 unspecified atom stereocenters. The largest absolute Gasteiger partial charge is 0.453 e. The molecule has 0 fully saturated rings. The van der Waals surface area contributed by atoms with Gasteiger partial charge in [0.05, 0.1) is 18.5 Å². The van der Waals surface area contributed by atoms with Crippen LogP contribution in [0.4, 0.5) is 16.2 Å². The van der Waals surface area contributed by atoms with Gasteiger partial charge in [-0.2, -0.15) is 0 Å². The Morgan fingerprint density at radius 1 is 1.19 bits per heavy atom. The minimum Gasteiger partial charge on any atom is -0.453 e. The maximum absolute atomic E-state index is 12.1. The molecule has 0 aliphatic heterocycles. The van der Waals surface area contributed by atoms with Crippen LogP contribution in [0.3, 0.4) is 0 Å². The van der Waals surface area contributed by atoms with E-state index in [1.54, 1.807) is 0 Å². The highest BCUT2D eigenvalue weighted by Crippen LogP contribution is 2.28. The number of carbonyl (C=O) groups is 2. The van der Waals surface area contributed by atoms with Crippen LogP contribution in [0.2, 0.25) is 0 Å². The summed E-state index contributed by atoms with van der Waals surface area (Å²) in [5, 5.41) is 5.92. The second-order valence-electron chi connectivity index (χ2n) is 5.84. The highest BCUT2D eigenvalue weighted by Gasteiger charge is 2.10. The quantitative estimate of drug-likeness (QED) is 0.499. The first-order chi connectivity index (χ1) is 12.5. The molecule has 0 heterocycles. The maximum Gasteiger partial charge on any atom is 0.412 e. The standard InChI is InChI=1S/C19H29N3O3S/c1-5-7-9-14-11-12-15(20-17(23)10-8-6-2)16(13-14)21-18(26-4)22-19(24)25-3/h11-13H,5-10H2,1-4H3,(H,20,23)(H,21,22,24). The third kappa shape index (κ3) is 7.91. The molecule has 1 aromatic rings. The average molecular weight is 380 g/mol. The molecular weight excluding hydrogens is 350 g/mol. The molecule has 7 heteroatoms. The predicted octanol–water partition coefficient (Wildman–Crippen LogP) is 4.86. The average Bonchev–Trinajstić information content (AvgIpc) is 2.65. The number of nitrogens with one attached hydrogen (secondary N) is 2. The number of alkyl carbamates (subject to hydrolysis) is 1. The van der Waals surface area contributed by atoms with Gasteiger partial charge in [-0.3, -0.25) is 10.1 Å². The minimum atomic E-state index is -0.575. The molecule has 1 aromatic carbocycles. The first-order valence-electron chi connectivity index (χ1n) is 8.94. The van der Waals surface area contributed by atoms with Crippen LogP contribution >= 0.6 is 11.8 Å². The second-order valence-corrected chi connectivity index (χ2v) is 6.64. The molecule has 1 rings (SSSR count). The van der Waals surface area contributed by atoms with Crippen LogP contribution in [-0.4, -0.2) is 30.5 Å². The van der Waals surface area contributed by atoms with E-state index < -0.39 is 6.09 Å². The molecule has 144 valence electrons. The van der Waals surface area contributed by atoms with Gasteiger partial charge in [-0.1, -0.05) is 44.5 Å². The summed E-state index contributed by atoms with van der Waals surface area (Å²) in [6, 6.07) is 5.85. The maximum atomic E-state index is 12.1. The molecule has 0 saturated carbocycles. The number of thioether (sulfide) groups is 1. The van der Waals surface area contributed by atoms with Crippen LogP contribution in [0.5, 0.6) is 0 Å². The number of carbonyl (C=O) groups excluding carboxylic acids is 2. The SMILES string of the molecule is CCCCC(=O)Nc1ccc(CCCC)cc1N=C(NC(=O)OC)SC. The number of hydrogen-bond acceptors (Lipinski definition) is 5. The third-order valence-corrected chi connectivity index (χ3v) is 4.30. The lowest BCUT2D eigenvalue weighted by molar-refractivity contribution is -0.116. The van der Waals surface area contributed by atoms with Gasteiger partial charge in [-0.15, -0.1) is 0 Å². The lowest BCUT2D eigenvalue weighted by Gasteiger charge is -2.12. The molecule has 2 amide bonds. The molecule has 0 bridgehead atoms. The van der Waals surface area contributed by atoms with Gasteiger partial charge in [0.25, 0.3) is 0 Å². The lowest BCUT2D eigenvalue weighted by Crippen LogP contribution is -2.27. The number of unbranched alkanes of at least 4 members (excludes halogenated alkanes) is 2. The Morgan fingerprint density at radius 2 is 1.92 bits per heavy atom. The third-order valence-electron chi connectivity index (χ3n) is 3.72. The van der Waals surface area contributed by atoms with Crippen molar-refractivity contribution >= 4 is 40.3 Å². The molecule has 0 saturated heterocycles. The smallest absolute Gasteiger partial charge is 0.412 e. The molecular formula is C19H29N3O3S. The van der Waals surface area contributed by atoms with E-state index in [1.165, 1.54) is 18.9 Å². The number of aryl methyl sites for hydroxylation is 1. The fourth-order valence-electron chi connectivity index (χ4n) is 2.23. The molecule has 0 spiro atoms. The van der Waals surface area contributed by atoms with Crippen molar-refractivity contribution < 1.29 is 14.3 Å². The molecule has 0 atom stereocenters. The summed E-state index contributed by atoms with van der Waals surface area (Å²) < 4.78 is 4.62. The van der Waals surface area contributed by atoms with Gasteiger partial charge in [0.15, 0.2) is 5.17 Å². The van der Waals surface area contributed by atoms with Crippen molar-refractivity contribution in [3.8, 4) is 0 Å². The zero-order chi connectivity index (χ0) is 19.4. The number of ether oxygens (including phenoxy) is 1. The molecule has 0 radical (unpaired) electrons. The predicted molar refractivity (Wildman–Crippen MR) is 109 cm³/mol. The molecule has 2 N–H and O–H groups in total. The van der Waals surface area contributed by atoms with Gasteiger partial charge in [0.1, 0.15) is 0 Å².